The van der Waals surface area contributed by atoms with E-state index in [1.54, 1.807) is 25.1 Å². The van der Waals surface area contributed by atoms with Crippen LogP contribution in [-0.4, -0.2) is 22.7 Å². The van der Waals surface area contributed by atoms with Crippen LogP contribution in [0.1, 0.15) is 12.7 Å². The van der Waals surface area contributed by atoms with E-state index in [2.05, 4.69) is 4.99 Å². The minimum Gasteiger partial charge on any atom is -0.506 e. The summed E-state index contributed by atoms with van der Waals surface area (Å²) in [5, 5.41) is 10.7. The van der Waals surface area contributed by atoms with Crippen LogP contribution in [0.15, 0.2) is 68.3 Å². The Morgan fingerprint density at radius 3 is 2.76 bits per heavy atom. The van der Waals surface area contributed by atoms with Gasteiger partial charge in [-0.2, -0.15) is 0 Å². The molecule has 0 radical (unpaired) electrons. The zero-order valence-corrected chi connectivity index (χ0v) is 14.0. The topological polar surface area (TPSA) is 72.0 Å². The van der Waals surface area contributed by atoms with Crippen LogP contribution in [0.3, 0.4) is 0 Å². The summed E-state index contributed by atoms with van der Waals surface area (Å²) in [6.45, 7) is 1.84. The lowest BCUT2D eigenvalue weighted by Crippen LogP contribution is -2.12. The Kier molecular flexibility index (Phi) is 5.04. The van der Waals surface area contributed by atoms with Crippen molar-refractivity contribution in [1.29, 1.82) is 0 Å². The van der Waals surface area contributed by atoms with Crippen LogP contribution < -0.4 is 0 Å². The molecule has 0 fully saturated rings. The summed E-state index contributed by atoms with van der Waals surface area (Å²) < 4.78 is 23.3. The average Bonchev–Trinajstić information content (AvgIpc) is 3.19. The smallest absolute Gasteiger partial charge is 0.344 e. The number of aliphatic hydroxyl groups excluding tert-OH is 1. The predicted molar refractivity (Wildman–Crippen MR) is 94.1 cm³/mol. The standard InChI is InChI=1S/C18H14FNO4S/c1-2-23-18(22)15-16(21)14(10-13-4-3-9-24-13)25-17(15)20-12-7-5-11(19)6-8-12/h3-10,21H,2H2,1H3/b14-10-,20-17?. The zero-order valence-electron chi connectivity index (χ0n) is 13.2. The highest BCUT2D eigenvalue weighted by Crippen LogP contribution is 2.40. The number of ether oxygens (including phenoxy) is 1. The highest BCUT2D eigenvalue weighted by atomic mass is 32.2. The average molecular weight is 359 g/mol. The molecule has 1 aliphatic heterocycles. The summed E-state index contributed by atoms with van der Waals surface area (Å²) in [6.07, 6.45) is 3.11. The molecule has 0 amide bonds. The molecule has 1 N–H and O–H groups in total. The maximum absolute atomic E-state index is 13.0. The van der Waals surface area contributed by atoms with Crippen LogP contribution in [0.4, 0.5) is 10.1 Å². The number of furan rings is 1. The molecule has 0 spiro atoms. The van der Waals surface area contributed by atoms with E-state index in [0.29, 0.717) is 16.4 Å². The van der Waals surface area contributed by atoms with Crippen molar-refractivity contribution in [2.75, 3.05) is 6.61 Å². The fourth-order valence-corrected chi connectivity index (χ4v) is 3.14. The largest absolute Gasteiger partial charge is 0.506 e. The maximum Gasteiger partial charge on any atom is 0.344 e. The molecular weight excluding hydrogens is 345 g/mol. The van der Waals surface area contributed by atoms with Crippen LogP contribution in [0.5, 0.6) is 0 Å². The minimum absolute atomic E-state index is 0.0195. The molecule has 1 aromatic heterocycles. The Hall–Kier alpha value is -2.80. The second kappa shape index (κ2) is 7.40. The lowest BCUT2D eigenvalue weighted by atomic mass is 10.2. The zero-order chi connectivity index (χ0) is 17.8. The number of thioether (sulfide) groups is 1. The highest BCUT2D eigenvalue weighted by Gasteiger charge is 2.33. The number of aliphatic hydroxyl groups is 1. The van der Waals surface area contributed by atoms with Crippen molar-refractivity contribution in [2.45, 2.75) is 6.92 Å². The molecule has 128 valence electrons. The fourth-order valence-electron chi connectivity index (χ4n) is 2.13. The van der Waals surface area contributed by atoms with Crippen molar-refractivity contribution in [3.05, 3.63) is 70.5 Å². The molecule has 1 aliphatic rings. The van der Waals surface area contributed by atoms with Crippen molar-refractivity contribution in [3.63, 3.8) is 0 Å². The number of carbonyl (C=O) groups excluding carboxylic acids is 1. The summed E-state index contributed by atoms with van der Waals surface area (Å²) in [4.78, 5) is 17.0. The SMILES string of the molecule is CCOC(=O)C1=C(O)/C(=C/c2ccco2)SC1=Nc1ccc(F)cc1. The lowest BCUT2D eigenvalue weighted by molar-refractivity contribution is -0.138. The summed E-state index contributed by atoms with van der Waals surface area (Å²) >= 11 is 1.11. The molecule has 1 aromatic carbocycles. The quantitative estimate of drug-likeness (QED) is 0.807. The fraction of sp³-hybridized carbons (Fsp3) is 0.111. The summed E-state index contributed by atoms with van der Waals surface area (Å²) in [5.74, 6) is -0.748. The molecule has 3 rings (SSSR count). The van der Waals surface area contributed by atoms with Gasteiger partial charge in [0.15, 0.2) is 0 Å². The highest BCUT2D eigenvalue weighted by molar-refractivity contribution is 8.18. The number of hydrogen-bond acceptors (Lipinski definition) is 6. The molecule has 0 bridgehead atoms. The van der Waals surface area contributed by atoms with Gasteiger partial charge in [-0.1, -0.05) is 11.8 Å². The Bertz CT molecular complexity index is 867. The van der Waals surface area contributed by atoms with Gasteiger partial charge in [-0.3, -0.25) is 0 Å². The number of rotatable bonds is 4. The first-order valence-electron chi connectivity index (χ1n) is 7.47. The third kappa shape index (κ3) is 3.83. The molecular formula is C18H14FNO4S. The van der Waals surface area contributed by atoms with Crippen molar-refractivity contribution in [1.82, 2.24) is 0 Å². The normalized spacial score (nSPS) is 17.5. The number of esters is 1. The third-order valence-electron chi connectivity index (χ3n) is 3.24. The molecule has 0 saturated carbocycles. The molecule has 0 saturated heterocycles. The first-order valence-corrected chi connectivity index (χ1v) is 8.28. The van der Waals surface area contributed by atoms with Crippen molar-refractivity contribution >= 4 is 34.5 Å². The summed E-state index contributed by atoms with van der Waals surface area (Å²) in [6, 6.07) is 8.94. The Balaban J connectivity index is 2.02. The van der Waals surface area contributed by atoms with Gasteiger partial charge in [0.05, 0.1) is 23.5 Å². The molecule has 2 heterocycles. The van der Waals surface area contributed by atoms with Gasteiger partial charge in [0.1, 0.15) is 28.0 Å². The number of hydrogen-bond donors (Lipinski definition) is 1. The van der Waals surface area contributed by atoms with Gasteiger partial charge >= 0.3 is 5.97 Å². The van der Waals surface area contributed by atoms with E-state index in [0.717, 1.165) is 11.8 Å². The van der Waals surface area contributed by atoms with Crippen LogP contribution in [-0.2, 0) is 9.53 Å². The Labute approximate surface area is 147 Å². The Morgan fingerprint density at radius 2 is 2.12 bits per heavy atom. The number of benzene rings is 1. The Morgan fingerprint density at radius 1 is 1.36 bits per heavy atom. The van der Waals surface area contributed by atoms with E-state index in [1.165, 1.54) is 30.5 Å². The van der Waals surface area contributed by atoms with E-state index in [4.69, 9.17) is 9.15 Å². The monoisotopic (exact) mass is 359 g/mol. The predicted octanol–water partition coefficient (Wildman–Crippen LogP) is 4.61. The van der Waals surface area contributed by atoms with Crippen molar-refractivity contribution in [2.24, 2.45) is 4.99 Å². The summed E-state index contributed by atoms with van der Waals surface area (Å²) in [7, 11) is 0. The van der Waals surface area contributed by atoms with Crippen LogP contribution in [0.25, 0.3) is 6.08 Å². The second-order valence-corrected chi connectivity index (χ2v) is 5.99. The van der Waals surface area contributed by atoms with E-state index in [9.17, 15) is 14.3 Å². The number of carbonyl (C=O) groups is 1. The van der Waals surface area contributed by atoms with Gasteiger partial charge in [0.2, 0.25) is 0 Å². The third-order valence-corrected chi connectivity index (χ3v) is 4.26. The van der Waals surface area contributed by atoms with E-state index in [-0.39, 0.29) is 28.8 Å². The van der Waals surface area contributed by atoms with Crippen molar-refractivity contribution in [3.8, 4) is 0 Å². The van der Waals surface area contributed by atoms with E-state index < -0.39 is 5.97 Å². The molecule has 5 nitrogen and oxygen atoms in total. The summed E-state index contributed by atoms with van der Waals surface area (Å²) in [5.41, 5.74) is 0.437. The first-order chi connectivity index (χ1) is 12.1. The molecule has 0 atom stereocenters. The van der Waals surface area contributed by atoms with Gasteiger partial charge in [-0.15, -0.1) is 0 Å². The van der Waals surface area contributed by atoms with Gasteiger partial charge in [-0.05, 0) is 49.4 Å². The van der Waals surface area contributed by atoms with E-state index >= 15 is 0 Å². The maximum atomic E-state index is 13.0. The second-order valence-electron chi connectivity index (χ2n) is 4.96. The van der Waals surface area contributed by atoms with Crippen molar-refractivity contribution < 1.29 is 23.4 Å². The molecule has 0 unspecified atom stereocenters. The van der Waals surface area contributed by atoms with Gasteiger partial charge in [0.25, 0.3) is 0 Å². The first kappa shape index (κ1) is 17.0. The molecule has 2 aromatic rings. The number of nitrogens with zero attached hydrogens (tertiary/aromatic N) is 1. The number of halogens is 1. The van der Waals surface area contributed by atoms with Crippen LogP contribution in [0.2, 0.25) is 0 Å². The van der Waals surface area contributed by atoms with E-state index in [1.807, 2.05) is 0 Å². The minimum atomic E-state index is -0.670. The lowest BCUT2D eigenvalue weighted by Gasteiger charge is -2.03. The van der Waals surface area contributed by atoms with Crippen LogP contribution >= 0.6 is 11.8 Å². The van der Waals surface area contributed by atoms with Crippen LogP contribution in [0, 0.1) is 5.82 Å². The molecule has 0 aliphatic carbocycles. The van der Waals surface area contributed by atoms with Gasteiger partial charge < -0.3 is 14.3 Å². The van der Waals surface area contributed by atoms with Gasteiger partial charge in [-0.25, -0.2) is 14.2 Å². The van der Waals surface area contributed by atoms with Gasteiger partial charge in [0, 0.05) is 0 Å². The molecule has 25 heavy (non-hydrogen) atoms. The molecule has 7 heteroatoms. The number of aliphatic imine (C=N–C) groups is 1.